The zero-order valence-electron chi connectivity index (χ0n) is 11.3. The molecule has 0 amide bonds. The van der Waals surface area contributed by atoms with Crippen molar-refractivity contribution >= 4 is 17.8 Å². The number of carboxylic acids is 1. The quantitative estimate of drug-likeness (QED) is 0.675. The largest absolute Gasteiger partial charge is 0.478 e. The monoisotopic (exact) mass is 268 g/mol. The van der Waals surface area contributed by atoms with Crippen molar-refractivity contribution in [3.63, 3.8) is 0 Å². The Kier molecular flexibility index (Phi) is 3.05. The standard InChI is InChI=1S/C17H16O3/c1-2-10-7-13-14(8-10)16(18)15(13)9-11-3-5-12(6-4-11)17(19)20/h3-6,8-9,13-14H,2,7H2,1H3,(H,19,20)/t13-,14+/m1/s1. The third-order valence-electron chi connectivity index (χ3n) is 4.25. The van der Waals surface area contributed by atoms with Crippen molar-refractivity contribution in [2.24, 2.45) is 11.8 Å². The number of hydrogen-bond donors (Lipinski definition) is 1. The van der Waals surface area contributed by atoms with E-state index in [4.69, 9.17) is 5.11 Å². The van der Waals surface area contributed by atoms with E-state index in [9.17, 15) is 9.59 Å². The summed E-state index contributed by atoms with van der Waals surface area (Å²) in [6, 6.07) is 6.64. The van der Waals surface area contributed by atoms with E-state index in [-0.39, 0.29) is 17.3 Å². The summed E-state index contributed by atoms with van der Waals surface area (Å²) in [5, 5.41) is 8.86. The number of hydrogen-bond acceptors (Lipinski definition) is 2. The van der Waals surface area contributed by atoms with Gasteiger partial charge in [-0.05, 0) is 36.6 Å². The third kappa shape index (κ3) is 1.99. The number of Topliss-reactive ketones (excluding diaryl/α,β-unsaturated/α-hetero) is 1. The van der Waals surface area contributed by atoms with Gasteiger partial charge in [0.25, 0.3) is 0 Å². The van der Waals surface area contributed by atoms with E-state index in [1.807, 2.05) is 6.08 Å². The second-order valence-corrected chi connectivity index (χ2v) is 5.41. The second-order valence-electron chi connectivity index (χ2n) is 5.41. The fourth-order valence-corrected chi connectivity index (χ4v) is 3.03. The molecule has 0 radical (unpaired) electrons. The minimum atomic E-state index is -0.934. The molecule has 20 heavy (non-hydrogen) atoms. The number of ketones is 1. The molecule has 0 bridgehead atoms. The van der Waals surface area contributed by atoms with E-state index in [0.29, 0.717) is 5.92 Å². The molecule has 102 valence electrons. The highest BCUT2D eigenvalue weighted by atomic mass is 16.4. The molecule has 1 aromatic carbocycles. The molecule has 0 spiro atoms. The van der Waals surface area contributed by atoms with Gasteiger partial charge in [-0.25, -0.2) is 4.79 Å². The Labute approximate surface area is 117 Å². The lowest BCUT2D eigenvalue weighted by Gasteiger charge is -2.32. The van der Waals surface area contributed by atoms with Crippen LogP contribution in [-0.4, -0.2) is 16.9 Å². The molecular formula is C17H16O3. The Hall–Kier alpha value is -2.16. The van der Waals surface area contributed by atoms with Crippen molar-refractivity contribution in [1.82, 2.24) is 0 Å². The highest BCUT2D eigenvalue weighted by molar-refractivity contribution is 6.10. The van der Waals surface area contributed by atoms with Gasteiger partial charge < -0.3 is 5.11 Å². The fourth-order valence-electron chi connectivity index (χ4n) is 3.03. The SMILES string of the molecule is CCC1=C[C@@H]2C(=O)C(=Cc3ccc(C(=O)O)cc3)[C@@H]2C1. The first-order valence-corrected chi connectivity index (χ1v) is 6.89. The molecule has 1 N–H and O–H groups in total. The molecule has 3 rings (SSSR count). The number of allylic oxidation sites excluding steroid dienone is 3. The first-order valence-electron chi connectivity index (χ1n) is 6.89. The Bertz CT molecular complexity index is 635. The third-order valence-corrected chi connectivity index (χ3v) is 4.25. The van der Waals surface area contributed by atoms with E-state index >= 15 is 0 Å². The molecule has 0 aromatic heterocycles. The van der Waals surface area contributed by atoms with Crippen LogP contribution in [-0.2, 0) is 4.79 Å². The first kappa shape index (κ1) is 12.9. The van der Waals surface area contributed by atoms with Gasteiger partial charge in [-0.15, -0.1) is 0 Å². The summed E-state index contributed by atoms with van der Waals surface area (Å²) in [4.78, 5) is 22.9. The van der Waals surface area contributed by atoms with Gasteiger partial charge in [-0.2, -0.15) is 0 Å². The molecule has 1 saturated carbocycles. The van der Waals surface area contributed by atoms with Gasteiger partial charge in [0, 0.05) is 17.4 Å². The van der Waals surface area contributed by atoms with E-state index in [1.165, 1.54) is 5.57 Å². The summed E-state index contributed by atoms with van der Waals surface area (Å²) < 4.78 is 0. The van der Waals surface area contributed by atoms with Crippen LogP contribution in [0.15, 0.2) is 41.5 Å². The van der Waals surface area contributed by atoms with Crippen LogP contribution < -0.4 is 0 Å². The van der Waals surface area contributed by atoms with Crippen molar-refractivity contribution in [3.05, 3.63) is 52.6 Å². The number of aromatic carboxylic acids is 1. The van der Waals surface area contributed by atoms with Gasteiger partial charge in [-0.3, -0.25) is 4.79 Å². The van der Waals surface area contributed by atoms with Crippen molar-refractivity contribution in [2.45, 2.75) is 19.8 Å². The van der Waals surface area contributed by atoms with Crippen LogP contribution in [0.25, 0.3) is 6.08 Å². The maximum absolute atomic E-state index is 12.1. The highest BCUT2D eigenvalue weighted by Crippen LogP contribution is 2.48. The Morgan fingerprint density at radius 2 is 2.05 bits per heavy atom. The average Bonchev–Trinajstić information content (AvgIpc) is 2.85. The Balaban J connectivity index is 1.81. The van der Waals surface area contributed by atoms with Gasteiger partial charge in [0.2, 0.25) is 0 Å². The van der Waals surface area contributed by atoms with Crippen LogP contribution in [0.3, 0.4) is 0 Å². The molecule has 0 heterocycles. The van der Waals surface area contributed by atoms with Crippen LogP contribution >= 0.6 is 0 Å². The number of benzene rings is 1. The molecule has 2 aliphatic carbocycles. The topological polar surface area (TPSA) is 54.4 Å². The smallest absolute Gasteiger partial charge is 0.335 e. The normalized spacial score (nSPS) is 26.1. The van der Waals surface area contributed by atoms with Crippen LogP contribution in [0.1, 0.15) is 35.7 Å². The van der Waals surface area contributed by atoms with Crippen molar-refractivity contribution in [3.8, 4) is 0 Å². The predicted molar refractivity (Wildman–Crippen MR) is 76.4 cm³/mol. The zero-order valence-corrected chi connectivity index (χ0v) is 11.3. The minimum Gasteiger partial charge on any atom is -0.478 e. The average molecular weight is 268 g/mol. The van der Waals surface area contributed by atoms with Gasteiger partial charge >= 0.3 is 5.97 Å². The van der Waals surface area contributed by atoms with E-state index in [2.05, 4.69) is 13.0 Å². The van der Waals surface area contributed by atoms with Crippen molar-refractivity contribution < 1.29 is 14.7 Å². The van der Waals surface area contributed by atoms with Crippen LogP contribution in [0, 0.1) is 11.8 Å². The summed E-state index contributed by atoms with van der Waals surface area (Å²) in [6.07, 6.45) is 6.03. The lowest BCUT2D eigenvalue weighted by atomic mass is 9.69. The minimum absolute atomic E-state index is 0.0921. The van der Waals surface area contributed by atoms with Crippen molar-refractivity contribution in [1.29, 1.82) is 0 Å². The Morgan fingerprint density at radius 1 is 1.35 bits per heavy atom. The number of carbonyl (C=O) groups excluding carboxylic acids is 1. The summed E-state index contributed by atoms with van der Waals surface area (Å²) in [5.74, 6) is -0.275. The van der Waals surface area contributed by atoms with Gasteiger partial charge in [0.15, 0.2) is 5.78 Å². The molecule has 0 unspecified atom stereocenters. The van der Waals surface area contributed by atoms with Gasteiger partial charge in [-0.1, -0.05) is 30.7 Å². The molecule has 0 aliphatic heterocycles. The summed E-state index contributed by atoms with van der Waals surface area (Å²) >= 11 is 0. The lowest BCUT2D eigenvalue weighted by molar-refractivity contribution is -0.123. The Morgan fingerprint density at radius 3 is 2.65 bits per heavy atom. The van der Waals surface area contributed by atoms with Crippen LogP contribution in [0.5, 0.6) is 0 Å². The number of rotatable bonds is 3. The molecule has 3 nitrogen and oxygen atoms in total. The number of carboxylic acid groups (broad SMARTS) is 1. The van der Waals surface area contributed by atoms with Gasteiger partial charge in [0.1, 0.15) is 0 Å². The van der Waals surface area contributed by atoms with Crippen LogP contribution in [0.4, 0.5) is 0 Å². The molecule has 2 atom stereocenters. The zero-order chi connectivity index (χ0) is 14.3. The van der Waals surface area contributed by atoms with Crippen LogP contribution in [0.2, 0.25) is 0 Å². The molecule has 3 heteroatoms. The molecule has 0 saturated heterocycles. The maximum Gasteiger partial charge on any atom is 0.335 e. The fraction of sp³-hybridized carbons (Fsp3) is 0.294. The summed E-state index contributed by atoms with van der Waals surface area (Å²) in [7, 11) is 0. The lowest BCUT2D eigenvalue weighted by Crippen LogP contribution is -2.36. The molecule has 1 aromatic rings. The summed E-state index contributed by atoms with van der Waals surface area (Å²) in [6.45, 7) is 2.12. The van der Waals surface area contributed by atoms with E-state index in [1.54, 1.807) is 24.3 Å². The number of carbonyl (C=O) groups is 2. The van der Waals surface area contributed by atoms with Crippen molar-refractivity contribution in [2.75, 3.05) is 0 Å². The van der Waals surface area contributed by atoms with E-state index < -0.39 is 5.97 Å². The molecule has 1 fully saturated rings. The van der Waals surface area contributed by atoms with E-state index in [0.717, 1.165) is 24.0 Å². The second kappa shape index (κ2) is 4.75. The maximum atomic E-state index is 12.1. The highest BCUT2D eigenvalue weighted by Gasteiger charge is 2.46. The first-order chi connectivity index (χ1) is 9.60. The van der Waals surface area contributed by atoms with Gasteiger partial charge in [0.05, 0.1) is 5.56 Å². The predicted octanol–water partition coefficient (Wildman–Crippen LogP) is 3.32. The molecular weight excluding hydrogens is 252 g/mol. The number of fused-ring (bicyclic) bond motifs is 1. The molecule has 2 aliphatic rings. The summed E-state index contributed by atoms with van der Waals surface area (Å²) in [5.41, 5.74) is 3.42.